The molecule has 0 saturated carbocycles. The van der Waals surface area contributed by atoms with Gasteiger partial charge >= 0.3 is 0 Å². The molecule has 4 nitrogen and oxygen atoms in total. The minimum absolute atomic E-state index is 0.138. The van der Waals surface area contributed by atoms with E-state index in [1.807, 2.05) is 0 Å². The van der Waals surface area contributed by atoms with Crippen molar-refractivity contribution in [3.05, 3.63) is 47.9 Å². The Kier molecular flexibility index (Phi) is 3.91. The molecule has 2 fully saturated rings. The van der Waals surface area contributed by atoms with Crippen molar-refractivity contribution < 1.29 is 9.13 Å². The Morgan fingerprint density at radius 1 is 1.21 bits per heavy atom. The summed E-state index contributed by atoms with van der Waals surface area (Å²) in [6, 6.07) is 11.2. The number of nitriles is 1. The van der Waals surface area contributed by atoms with Crippen LogP contribution in [-0.4, -0.2) is 23.2 Å². The molecule has 0 amide bonds. The molecule has 0 radical (unpaired) electrons. The van der Waals surface area contributed by atoms with Crippen LogP contribution in [0.15, 0.2) is 36.5 Å². The van der Waals surface area contributed by atoms with E-state index in [2.05, 4.69) is 16.4 Å². The fourth-order valence-electron chi connectivity index (χ4n) is 3.76. The second-order valence-corrected chi connectivity index (χ2v) is 6.54. The van der Waals surface area contributed by atoms with Gasteiger partial charge in [-0.1, -0.05) is 0 Å². The van der Waals surface area contributed by atoms with Crippen LogP contribution in [0.25, 0.3) is 11.3 Å². The molecule has 2 aromatic rings. The van der Waals surface area contributed by atoms with Crippen LogP contribution in [0.4, 0.5) is 4.39 Å². The van der Waals surface area contributed by atoms with Crippen molar-refractivity contribution in [1.29, 1.82) is 5.26 Å². The fraction of sp³-hybridized carbons (Fsp3) is 0.368. The summed E-state index contributed by atoms with van der Waals surface area (Å²) >= 11 is 0. The summed E-state index contributed by atoms with van der Waals surface area (Å²) in [5.41, 5.74) is 1.26. The van der Waals surface area contributed by atoms with E-state index in [-0.39, 0.29) is 11.8 Å². The number of halogens is 1. The lowest BCUT2D eigenvalue weighted by atomic mass is 10.0. The molecule has 24 heavy (non-hydrogen) atoms. The quantitative estimate of drug-likeness (QED) is 0.940. The molecule has 0 spiro atoms. The number of nitrogens with one attached hydrogen (secondary N) is 1. The smallest absolute Gasteiger partial charge is 0.149 e. The molecule has 2 saturated heterocycles. The lowest BCUT2D eigenvalue weighted by molar-refractivity contribution is 0.137. The van der Waals surface area contributed by atoms with Gasteiger partial charge in [-0.05, 0) is 56.0 Å². The zero-order valence-electron chi connectivity index (χ0n) is 13.2. The first kappa shape index (κ1) is 15.1. The third-order valence-corrected chi connectivity index (χ3v) is 4.80. The minimum Gasteiger partial charge on any atom is -0.490 e. The standard InChI is InChI=1S/C19H18FN3O/c20-18-2-1-5-22-19(18)13-6-12(11-21)7-16(8-13)24-17-9-14-3-4-15(10-17)23-14/h1-2,5-8,14-15,17,23H,3-4,9-10H2/t14-,15+,17?. The number of hydrogen-bond donors (Lipinski definition) is 1. The van der Waals surface area contributed by atoms with Crippen molar-refractivity contribution >= 4 is 0 Å². The molecular formula is C19H18FN3O. The lowest BCUT2D eigenvalue weighted by Gasteiger charge is -2.29. The Morgan fingerprint density at radius 2 is 2.00 bits per heavy atom. The second kappa shape index (κ2) is 6.21. The summed E-state index contributed by atoms with van der Waals surface area (Å²) < 4.78 is 20.2. The number of benzene rings is 1. The largest absolute Gasteiger partial charge is 0.490 e. The number of rotatable bonds is 3. The van der Waals surface area contributed by atoms with Crippen molar-refractivity contribution in [3.8, 4) is 23.1 Å². The zero-order valence-corrected chi connectivity index (χ0v) is 13.2. The van der Waals surface area contributed by atoms with Gasteiger partial charge in [0.25, 0.3) is 0 Å². The molecule has 122 valence electrons. The predicted octanol–water partition coefficient (Wildman–Crippen LogP) is 3.42. The number of ether oxygens (including phenoxy) is 1. The number of hydrogen-bond acceptors (Lipinski definition) is 4. The Hall–Kier alpha value is -2.45. The molecular weight excluding hydrogens is 305 g/mol. The van der Waals surface area contributed by atoms with Gasteiger partial charge in [-0.25, -0.2) is 4.39 Å². The summed E-state index contributed by atoms with van der Waals surface area (Å²) in [6.45, 7) is 0. The van der Waals surface area contributed by atoms with E-state index in [4.69, 9.17) is 4.74 Å². The molecule has 1 unspecified atom stereocenters. The van der Waals surface area contributed by atoms with E-state index in [9.17, 15) is 9.65 Å². The van der Waals surface area contributed by atoms with Gasteiger partial charge in [0.05, 0.1) is 11.6 Å². The SMILES string of the molecule is N#Cc1cc(OC2C[C@H]3CC[C@@H](C2)N3)cc(-c2ncccc2F)c1. The highest BCUT2D eigenvalue weighted by Gasteiger charge is 2.34. The van der Waals surface area contributed by atoms with Gasteiger partial charge in [0.2, 0.25) is 0 Å². The minimum atomic E-state index is -0.404. The second-order valence-electron chi connectivity index (χ2n) is 6.54. The number of pyridine rings is 1. The normalized spacial score (nSPS) is 25.2. The average molecular weight is 323 g/mol. The highest BCUT2D eigenvalue weighted by molar-refractivity contribution is 5.64. The molecule has 2 bridgehead atoms. The third-order valence-electron chi connectivity index (χ3n) is 4.80. The molecule has 4 rings (SSSR count). The molecule has 0 aliphatic carbocycles. The molecule has 2 aliphatic heterocycles. The highest BCUT2D eigenvalue weighted by Crippen LogP contribution is 2.32. The van der Waals surface area contributed by atoms with E-state index < -0.39 is 5.82 Å². The van der Waals surface area contributed by atoms with E-state index in [1.165, 1.54) is 18.9 Å². The molecule has 2 aliphatic rings. The van der Waals surface area contributed by atoms with Crippen molar-refractivity contribution in [2.45, 2.75) is 43.9 Å². The fourth-order valence-corrected chi connectivity index (χ4v) is 3.76. The first-order valence-corrected chi connectivity index (χ1v) is 8.30. The van der Waals surface area contributed by atoms with Crippen molar-refractivity contribution in [2.24, 2.45) is 0 Å². The van der Waals surface area contributed by atoms with Gasteiger partial charge in [0, 0.05) is 23.8 Å². The maximum absolute atomic E-state index is 14.0. The number of piperidine rings is 1. The van der Waals surface area contributed by atoms with Gasteiger partial charge in [-0.15, -0.1) is 0 Å². The Labute approximate surface area is 140 Å². The van der Waals surface area contributed by atoms with Crippen molar-refractivity contribution in [2.75, 3.05) is 0 Å². The molecule has 3 heterocycles. The van der Waals surface area contributed by atoms with E-state index in [0.717, 1.165) is 12.8 Å². The van der Waals surface area contributed by atoms with Crippen LogP contribution in [-0.2, 0) is 0 Å². The summed E-state index contributed by atoms with van der Waals surface area (Å²) in [5, 5.41) is 12.9. The maximum atomic E-state index is 14.0. The Balaban J connectivity index is 1.63. The predicted molar refractivity (Wildman–Crippen MR) is 87.9 cm³/mol. The third kappa shape index (κ3) is 2.98. The summed E-state index contributed by atoms with van der Waals surface area (Å²) in [4.78, 5) is 4.10. The zero-order chi connectivity index (χ0) is 16.5. The molecule has 5 heteroatoms. The monoisotopic (exact) mass is 323 g/mol. The average Bonchev–Trinajstić information content (AvgIpc) is 2.93. The maximum Gasteiger partial charge on any atom is 0.149 e. The van der Waals surface area contributed by atoms with Crippen molar-refractivity contribution in [1.82, 2.24) is 10.3 Å². The molecule has 3 atom stereocenters. The molecule has 1 N–H and O–H groups in total. The van der Waals surface area contributed by atoms with Crippen LogP contribution in [0.3, 0.4) is 0 Å². The Morgan fingerprint density at radius 3 is 2.71 bits per heavy atom. The van der Waals surface area contributed by atoms with E-state index >= 15 is 0 Å². The number of nitrogens with zero attached hydrogens (tertiary/aromatic N) is 2. The van der Waals surface area contributed by atoms with Gasteiger partial charge in [-0.2, -0.15) is 5.26 Å². The van der Waals surface area contributed by atoms with Gasteiger partial charge in [-0.3, -0.25) is 4.98 Å². The van der Waals surface area contributed by atoms with Crippen LogP contribution < -0.4 is 10.1 Å². The summed E-state index contributed by atoms with van der Waals surface area (Å²) in [7, 11) is 0. The van der Waals surface area contributed by atoms with E-state index in [0.29, 0.717) is 29.0 Å². The van der Waals surface area contributed by atoms with Crippen LogP contribution in [0.2, 0.25) is 0 Å². The molecule has 1 aromatic heterocycles. The van der Waals surface area contributed by atoms with Gasteiger partial charge in [0.1, 0.15) is 23.4 Å². The number of fused-ring (bicyclic) bond motifs is 2. The van der Waals surface area contributed by atoms with E-state index in [1.54, 1.807) is 30.5 Å². The summed E-state index contributed by atoms with van der Waals surface area (Å²) in [6.07, 6.45) is 6.03. The number of aromatic nitrogens is 1. The topological polar surface area (TPSA) is 57.9 Å². The highest BCUT2D eigenvalue weighted by atomic mass is 19.1. The Bertz CT molecular complexity index is 789. The van der Waals surface area contributed by atoms with Crippen LogP contribution in [0, 0.1) is 17.1 Å². The van der Waals surface area contributed by atoms with Gasteiger partial charge in [0.15, 0.2) is 0 Å². The first-order valence-electron chi connectivity index (χ1n) is 8.30. The lowest BCUT2D eigenvalue weighted by Crippen LogP contribution is -2.42. The summed E-state index contributed by atoms with van der Waals surface area (Å²) in [5.74, 6) is 0.207. The van der Waals surface area contributed by atoms with Crippen LogP contribution in [0.1, 0.15) is 31.2 Å². The van der Waals surface area contributed by atoms with Crippen molar-refractivity contribution in [3.63, 3.8) is 0 Å². The first-order chi connectivity index (χ1) is 11.7. The van der Waals surface area contributed by atoms with Crippen LogP contribution >= 0.6 is 0 Å². The van der Waals surface area contributed by atoms with Gasteiger partial charge < -0.3 is 10.1 Å². The molecule has 1 aromatic carbocycles. The van der Waals surface area contributed by atoms with Crippen LogP contribution in [0.5, 0.6) is 5.75 Å².